The van der Waals surface area contributed by atoms with E-state index < -0.39 is 10.0 Å². The first kappa shape index (κ1) is 22.0. The molecule has 0 aliphatic carbocycles. The van der Waals surface area contributed by atoms with Crippen molar-refractivity contribution in [1.29, 1.82) is 0 Å². The van der Waals surface area contributed by atoms with E-state index in [9.17, 15) is 13.2 Å². The molecule has 7 heteroatoms. The van der Waals surface area contributed by atoms with E-state index in [0.29, 0.717) is 10.9 Å². The fraction of sp³-hybridized carbons (Fsp3) is 0.286. The maximum Gasteiger partial charge on any atom is 0.248 e. The first-order chi connectivity index (χ1) is 13.2. The highest BCUT2D eigenvalue weighted by Crippen LogP contribution is 2.28. The van der Waals surface area contributed by atoms with E-state index >= 15 is 0 Å². The molecular weight excluding hydrogens is 392 g/mol. The zero-order valence-electron chi connectivity index (χ0n) is 16.5. The largest absolute Gasteiger partial charge is 0.322 e. The third-order valence-corrected chi connectivity index (χ3v) is 5.88. The van der Waals surface area contributed by atoms with Crippen LogP contribution in [0.2, 0.25) is 0 Å². The van der Waals surface area contributed by atoms with Crippen molar-refractivity contribution in [3.8, 4) is 0 Å². The molecule has 28 heavy (non-hydrogen) atoms. The van der Waals surface area contributed by atoms with Crippen LogP contribution in [0.25, 0.3) is 6.08 Å². The van der Waals surface area contributed by atoms with Gasteiger partial charge in [-0.05, 0) is 60.9 Å². The first-order valence-corrected chi connectivity index (χ1v) is 11.8. The number of aryl methyl sites for hydroxylation is 1. The third kappa shape index (κ3) is 7.40. The number of hydrogen-bond acceptors (Lipinski definition) is 4. The number of benzene rings is 2. The highest BCUT2D eigenvalue weighted by Gasteiger charge is 2.06. The Morgan fingerprint density at radius 2 is 1.86 bits per heavy atom. The summed E-state index contributed by atoms with van der Waals surface area (Å²) in [6.07, 6.45) is 5.35. The predicted molar refractivity (Wildman–Crippen MR) is 119 cm³/mol. The normalized spacial score (nSPS) is 12.7. The Hall–Kier alpha value is -2.25. The van der Waals surface area contributed by atoms with Crippen LogP contribution in [0.1, 0.15) is 31.4 Å². The van der Waals surface area contributed by atoms with Gasteiger partial charge in [0.05, 0.1) is 6.26 Å². The van der Waals surface area contributed by atoms with Crippen LogP contribution in [0.15, 0.2) is 53.4 Å². The Bertz CT molecular complexity index is 952. The van der Waals surface area contributed by atoms with E-state index in [-0.39, 0.29) is 5.91 Å². The van der Waals surface area contributed by atoms with Crippen molar-refractivity contribution in [2.45, 2.75) is 37.3 Å². The molecule has 0 saturated carbocycles. The van der Waals surface area contributed by atoms with Crippen molar-refractivity contribution in [2.24, 2.45) is 0 Å². The molecule has 0 spiro atoms. The molecule has 0 aromatic heterocycles. The maximum absolute atomic E-state index is 12.2. The van der Waals surface area contributed by atoms with Gasteiger partial charge in [0.25, 0.3) is 0 Å². The molecule has 1 unspecified atom stereocenters. The van der Waals surface area contributed by atoms with Gasteiger partial charge in [0.2, 0.25) is 15.9 Å². The summed E-state index contributed by atoms with van der Waals surface area (Å²) in [6, 6.07) is 12.8. The topological polar surface area (TPSA) is 75.3 Å². The monoisotopic (exact) mass is 418 g/mol. The summed E-state index contributed by atoms with van der Waals surface area (Å²) >= 11 is 1.83. The molecular formula is C21H26N2O3S2. The van der Waals surface area contributed by atoms with E-state index in [1.54, 1.807) is 30.3 Å². The fourth-order valence-electron chi connectivity index (χ4n) is 2.39. The number of anilines is 2. The lowest BCUT2D eigenvalue weighted by atomic mass is 10.2. The highest BCUT2D eigenvalue weighted by atomic mass is 32.2. The van der Waals surface area contributed by atoms with Crippen LogP contribution in [-0.4, -0.2) is 25.8 Å². The van der Waals surface area contributed by atoms with Crippen molar-refractivity contribution in [2.75, 3.05) is 16.3 Å². The average molecular weight is 419 g/mol. The molecule has 2 aromatic carbocycles. The van der Waals surface area contributed by atoms with Gasteiger partial charge in [-0.2, -0.15) is 0 Å². The molecule has 0 aliphatic rings. The van der Waals surface area contributed by atoms with Crippen LogP contribution < -0.4 is 10.0 Å². The Balaban J connectivity index is 1.98. The van der Waals surface area contributed by atoms with E-state index in [1.807, 2.05) is 30.8 Å². The van der Waals surface area contributed by atoms with Crippen molar-refractivity contribution in [3.63, 3.8) is 0 Å². The smallest absolute Gasteiger partial charge is 0.248 e. The van der Waals surface area contributed by atoms with E-state index in [1.165, 1.54) is 11.0 Å². The lowest BCUT2D eigenvalue weighted by Gasteiger charge is -2.11. The zero-order valence-corrected chi connectivity index (χ0v) is 18.2. The molecule has 2 N–H and O–H groups in total. The van der Waals surface area contributed by atoms with Crippen molar-refractivity contribution >= 4 is 45.1 Å². The Morgan fingerprint density at radius 3 is 2.43 bits per heavy atom. The number of thioether (sulfide) groups is 1. The molecule has 1 amide bonds. The van der Waals surface area contributed by atoms with Gasteiger partial charge in [0, 0.05) is 27.6 Å². The molecule has 0 fully saturated rings. The van der Waals surface area contributed by atoms with Gasteiger partial charge in [-0.15, -0.1) is 11.8 Å². The van der Waals surface area contributed by atoms with Crippen LogP contribution in [0.5, 0.6) is 0 Å². The van der Waals surface area contributed by atoms with Crippen molar-refractivity contribution < 1.29 is 13.2 Å². The number of rotatable bonds is 8. The van der Waals surface area contributed by atoms with Crippen LogP contribution in [0.4, 0.5) is 11.4 Å². The fourth-order valence-corrected chi connectivity index (χ4v) is 3.97. The van der Waals surface area contributed by atoms with Gasteiger partial charge in [0.15, 0.2) is 0 Å². The highest BCUT2D eigenvalue weighted by molar-refractivity contribution is 8.00. The van der Waals surface area contributed by atoms with Gasteiger partial charge in [-0.25, -0.2) is 8.42 Å². The standard InChI is InChI=1S/C21H26N2O3S2/c1-5-16(3)27-19-11-12-20(15(2)14-19)22-21(24)13-8-17-6-9-18(10-7-17)23-28(4,25)26/h6-14,16,23H,5H2,1-4H3,(H,22,24)/b13-8+. The molecule has 1 atom stereocenters. The number of carbonyl (C=O) groups is 1. The number of amides is 1. The minimum atomic E-state index is -3.30. The molecule has 5 nitrogen and oxygen atoms in total. The Labute approximate surface area is 171 Å². The second-order valence-electron chi connectivity index (χ2n) is 6.63. The predicted octanol–water partition coefficient (Wildman–Crippen LogP) is 4.91. The second kappa shape index (κ2) is 9.80. The number of nitrogens with one attached hydrogen (secondary N) is 2. The van der Waals surface area contributed by atoms with E-state index in [0.717, 1.165) is 29.5 Å². The first-order valence-electron chi connectivity index (χ1n) is 9.00. The summed E-state index contributed by atoms with van der Waals surface area (Å²) in [4.78, 5) is 13.4. The molecule has 2 aromatic rings. The SMILES string of the molecule is CCC(C)Sc1ccc(NC(=O)/C=C/c2ccc(NS(C)(=O)=O)cc2)c(C)c1. The van der Waals surface area contributed by atoms with E-state index in [2.05, 4.69) is 30.0 Å². The molecule has 0 saturated heterocycles. The number of hydrogen-bond donors (Lipinski definition) is 2. The van der Waals surface area contributed by atoms with Gasteiger partial charge in [-0.1, -0.05) is 26.0 Å². The van der Waals surface area contributed by atoms with Crippen molar-refractivity contribution in [3.05, 3.63) is 59.7 Å². The van der Waals surface area contributed by atoms with Gasteiger partial charge >= 0.3 is 0 Å². The molecule has 150 valence electrons. The number of sulfonamides is 1. The third-order valence-electron chi connectivity index (χ3n) is 4.01. The minimum Gasteiger partial charge on any atom is -0.322 e. The maximum atomic E-state index is 12.2. The minimum absolute atomic E-state index is 0.219. The van der Waals surface area contributed by atoms with Crippen molar-refractivity contribution in [1.82, 2.24) is 0 Å². The van der Waals surface area contributed by atoms with Gasteiger partial charge in [-0.3, -0.25) is 9.52 Å². The van der Waals surface area contributed by atoms with Crippen LogP contribution in [-0.2, 0) is 14.8 Å². The molecule has 0 bridgehead atoms. The Kier molecular flexibility index (Phi) is 7.71. The quantitative estimate of drug-likeness (QED) is 0.472. The summed E-state index contributed by atoms with van der Waals surface area (Å²) in [7, 11) is -3.30. The summed E-state index contributed by atoms with van der Waals surface area (Å²) in [5.74, 6) is -0.219. The molecule has 0 heterocycles. The molecule has 2 rings (SSSR count). The summed E-state index contributed by atoms with van der Waals surface area (Å²) in [5.41, 5.74) is 3.09. The molecule has 0 aliphatic heterocycles. The van der Waals surface area contributed by atoms with Crippen LogP contribution in [0.3, 0.4) is 0 Å². The second-order valence-corrected chi connectivity index (χ2v) is 9.89. The molecule has 0 radical (unpaired) electrons. The zero-order chi connectivity index (χ0) is 20.7. The van der Waals surface area contributed by atoms with Gasteiger partial charge in [0.1, 0.15) is 0 Å². The lowest BCUT2D eigenvalue weighted by molar-refractivity contribution is -0.111. The summed E-state index contributed by atoms with van der Waals surface area (Å²) < 4.78 is 24.8. The number of carbonyl (C=O) groups excluding carboxylic acids is 1. The van der Waals surface area contributed by atoms with Gasteiger partial charge < -0.3 is 5.32 Å². The van der Waals surface area contributed by atoms with E-state index in [4.69, 9.17) is 0 Å². The lowest BCUT2D eigenvalue weighted by Crippen LogP contribution is -2.09. The van der Waals surface area contributed by atoms with Crippen LogP contribution >= 0.6 is 11.8 Å². The van der Waals surface area contributed by atoms with Crippen LogP contribution in [0, 0.1) is 6.92 Å². The summed E-state index contributed by atoms with van der Waals surface area (Å²) in [5, 5.41) is 3.45. The average Bonchev–Trinajstić information content (AvgIpc) is 2.62. The Morgan fingerprint density at radius 1 is 1.18 bits per heavy atom. The summed E-state index contributed by atoms with van der Waals surface area (Å²) in [6.45, 7) is 6.35.